The van der Waals surface area contributed by atoms with E-state index in [9.17, 15) is 13.2 Å². The fraction of sp³-hybridized carbons (Fsp3) is 0.875. The molecule has 1 heterocycles. The van der Waals surface area contributed by atoms with Crippen LogP contribution < -0.4 is 10.9 Å². The second-order valence-corrected chi connectivity index (χ2v) is 6.00. The molecule has 1 aliphatic heterocycles. The SMILES string of the molecule is CC(C)(N)C(=O)N1CCN(S(N)(=O)=O)CC1. The van der Waals surface area contributed by atoms with Gasteiger partial charge in [0.1, 0.15) is 0 Å². The minimum atomic E-state index is -3.65. The van der Waals surface area contributed by atoms with E-state index in [1.165, 1.54) is 0 Å². The largest absolute Gasteiger partial charge is 0.338 e. The monoisotopic (exact) mass is 250 g/mol. The smallest absolute Gasteiger partial charge is 0.277 e. The van der Waals surface area contributed by atoms with E-state index in [1.807, 2.05) is 0 Å². The molecule has 0 bridgehead atoms. The first kappa shape index (κ1) is 13.4. The van der Waals surface area contributed by atoms with Gasteiger partial charge in [-0.25, -0.2) is 5.14 Å². The third-order valence-corrected chi connectivity index (χ3v) is 3.52. The fourth-order valence-corrected chi connectivity index (χ4v) is 2.23. The summed E-state index contributed by atoms with van der Waals surface area (Å²) in [5, 5.41) is 4.99. The minimum Gasteiger partial charge on any atom is -0.338 e. The van der Waals surface area contributed by atoms with Gasteiger partial charge in [-0.1, -0.05) is 0 Å². The predicted octanol–water partition coefficient (Wildman–Crippen LogP) is -1.93. The normalized spacial score (nSPS) is 19.9. The van der Waals surface area contributed by atoms with Crippen LogP contribution in [0.2, 0.25) is 0 Å². The maximum absolute atomic E-state index is 11.8. The molecule has 0 aromatic carbocycles. The van der Waals surface area contributed by atoms with Crippen molar-refractivity contribution in [1.82, 2.24) is 9.21 Å². The first-order valence-electron chi connectivity index (χ1n) is 4.98. The molecule has 1 amide bonds. The van der Waals surface area contributed by atoms with Gasteiger partial charge < -0.3 is 10.6 Å². The van der Waals surface area contributed by atoms with Crippen LogP contribution in [0.25, 0.3) is 0 Å². The Labute approximate surface area is 95.5 Å². The molecule has 7 nitrogen and oxygen atoms in total. The molecule has 94 valence electrons. The Morgan fingerprint density at radius 3 is 1.94 bits per heavy atom. The molecular weight excluding hydrogens is 232 g/mol. The Balaban J connectivity index is 2.60. The van der Waals surface area contributed by atoms with Crippen LogP contribution in [0.5, 0.6) is 0 Å². The van der Waals surface area contributed by atoms with Gasteiger partial charge in [0.05, 0.1) is 5.54 Å². The summed E-state index contributed by atoms with van der Waals surface area (Å²) < 4.78 is 23.2. The number of piperazine rings is 1. The molecule has 1 saturated heterocycles. The predicted molar refractivity (Wildman–Crippen MR) is 59.5 cm³/mol. The van der Waals surface area contributed by atoms with Crippen LogP contribution in [0, 0.1) is 0 Å². The Bertz CT molecular complexity index is 365. The molecule has 8 heteroatoms. The molecule has 0 unspecified atom stereocenters. The van der Waals surface area contributed by atoms with Crippen molar-refractivity contribution in [2.45, 2.75) is 19.4 Å². The zero-order valence-corrected chi connectivity index (χ0v) is 10.3. The number of rotatable bonds is 2. The van der Waals surface area contributed by atoms with E-state index in [1.54, 1.807) is 18.7 Å². The molecule has 1 aliphatic rings. The molecule has 16 heavy (non-hydrogen) atoms. The van der Waals surface area contributed by atoms with Crippen molar-refractivity contribution in [3.05, 3.63) is 0 Å². The van der Waals surface area contributed by atoms with E-state index in [0.717, 1.165) is 4.31 Å². The van der Waals surface area contributed by atoms with Crippen molar-refractivity contribution in [2.75, 3.05) is 26.2 Å². The van der Waals surface area contributed by atoms with Crippen molar-refractivity contribution in [3.63, 3.8) is 0 Å². The van der Waals surface area contributed by atoms with Crippen LogP contribution in [-0.2, 0) is 15.0 Å². The molecule has 1 rings (SSSR count). The average Bonchev–Trinajstić information content (AvgIpc) is 2.14. The van der Waals surface area contributed by atoms with E-state index >= 15 is 0 Å². The average molecular weight is 250 g/mol. The van der Waals surface area contributed by atoms with Gasteiger partial charge in [0.2, 0.25) is 5.91 Å². The van der Waals surface area contributed by atoms with E-state index in [2.05, 4.69) is 0 Å². The van der Waals surface area contributed by atoms with E-state index < -0.39 is 15.7 Å². The lowest BCUT2D eigenvalue weighted by molar-refractivity contribution is -0.137. The van der Waals surface area contributed by atoms with Crippen molar-refractivity contribution >= 4 is 16.1 Å². The summed E-state index contributed by atoms with van der Waals surface area (Å²) in [4.78, 5) is 13.3. The summed E-state index contributed by atoms with van der Waals surface area (Å²) >= 11 is 0. The highest BCUT2D eigenvalue weighted by Crippen LogP contribution is 2.09. The highest BCUT2D eigenvalue weighted by Gasteiger charge is 2.32. The van der Waals surface area contributed by atoms with Crippen LogP contribution in [0.4, 0.5) is 0 Å². The van der Waals surface area contributed by atoms with Gasteiger partial charge in [-0.05, 0) is 13.8 Å². The molecule has 0 radical (unpaired) electrons. The quantitative estimate of drug-likeness (QED) is 0.594. The Morgan fingerprint density at radius 1 is 1.19 bits per heavy atom. The Kier molecular flexibility index (Phi) is 3.58. The van der Waals surface area contributed by atoms with Crippen molar-refractivity contribution in [1.29, 1.82) is 0 Å². The number of hydrogen-bond donors (Lipinski definition) is 2. The highest BCUT2D eigenvalue weighted by molar-refractivity contribution is 7.86. The summed E-state index contributed by atoms with van der Waals surface area (Å²) in [5.74, 6) is -0.179. The van der Waals surface area contributed by atoms with Gasteiger partial charge in [0.15, 0.2) is 0 Å². The second kappa shape index (κ2) is 4.28. The molecule has 0 spiro atoms. The summed E-state index contributed by atoms with van der Waals surface area (Å²) in [6.07, 6.45) is 0. The van der Waals surface area contributed by atoms with Gasteiger partial charge in [-0.15, -0.1) is 0 Å². The van der Waals surface area contributed by atoms with Gasteiger partial charge in [0.25, 0.3) is 10.2 Å². The molecule has 0 aromatic heterocycles. The van der Waals surface area contributed by atoms with Crippen LogP contribution in [0.3, 0.4) is 0 Å². The lowest BCUT2D eigenvalue weighted by Crippen LogP contribution is -2.58. The molecular formula is C8H18N4O3S. The molecule has 0 saturated carbocycles. The zero-order valence-electron chi connectivity index (χ0n) is 9.51. The first-order valence-corrected chi connectivity index (χ1v) is 6.49. The third kappa shape index (κ3) is 3.14. The van der Waals surface area contributed by atoms with E-state index in [-0.39, 0.29) is 19.0 Å². The van der Waals surface area contributed by atoms with Gasteiger partial charge >= 0.3 is 0 Å². The highest BCUT2D eigenvalue weighted by atomic mass is 32.2. The summed E-state index contributed by atoms with van der Waals surface area (Å²) in [7, 11) is -3.65. The lowest BCUT2D eigenvalue weighted by Gasteiger charge is -2.36. The number of carbonyl (C=O) groups excluding carboxylic acids is 1. The summed E-state index contributed by atoms with van der Waals surface area (Å²) in [5.41, 5.74) is 4.76. The van der Waals surface area contributed by atoms with Gasteiger partial charge in [0, 0.05) is 26.2 Å². The van der Waals surface area contributed by atoms with Gasteiger partial charge in [-0.3, -0.25) is 4.79 Å². The molecule has 4 N–H and O–H groups in total. The number of nitrogens with two attached hydrogens (primary N) is 2. The minimum absolute atomic E-state index is 0.179. The molecule has 0 aliphatic carbocycles. The topological polar surface area (TPSA) is 110 Å². The molecule has 0 atom stereocenters. The third-order valence-electron chi connectivity index (χ3n) is 2.44. The zero-order chi connectivity index (χ0) is 12.6. The number of nitrogens with zero attached hydrogens (tertiary/aromatic N) is 2. The number of hydrogen-bond acceptors (Lipinski definition) is 4. The fourth-order valence-electron chi connectivity index (χ4n) is 1.55. The van der Waals surface area contributed by atoms with E-state index in [0.29, 0.717) is 13.1 Å². The number of amides is 1. The Morgan fingerprint density at radius 2 is 1.62 bits per heavy atom. The van der Waals surface area contributed by atoms with Crippen LogP contribution in [0.15, 0.2) is 0 Å². The number of carbonyl (C=O) groups is 1. The summed E-state index contributed by atoms with van der Waals surface area (Å²) in [6, 6.07) is 0. The van der Waals surface area contributed by atoms with Crippen molar-refractivity contribution in [3.8, 4) is 0 Å². The van der Waals surface area contributed by atoms with Crippen LogP contribution in [-0.4, -0.2) is 55.2 Å². The van der Waals surface area contributed by atoms with Crippen LogP contribution >= 0.6 is 0 Å². The summed E-state index contributed by atoms with van der Waals surface area (Å²) in [6.45, 7) is 4.36. The van der Waals surface area contributed by atoms with Gasteiger partial charge in [-0.2, -0.15) is 12.7 Å². The lowest BCUT2D eigenvalue weighted by atomic mass is 10.1. The van der Waals surface area contributed by atoms with E-state index in [4.69, 9.17) is 10.9 Å². The maximum atomic E-state index is 11.8. The van der Waals surface area contributed by atoms with Crippen LogP contribution in [0.1, 0.15) is 13.8 Å². The van der Waals surface area contributed by atoms with Crippen molar-refractivity contribution < 1.29 is 13.2 Å². The second-order valence-electron chi connectivity index (χ2n) is 4.46. The maximum Gasteiger partial charge on any atom is 0.277 e. The van der Waals surface area contributed by atoms with Crippen molar-refractivity contribution in [2.24, 2.45) is 10.9 Å². The molecule has 1 fully saturated rings. The Hall–Kier alpha value is -0.700. The standard InChI is InChI=1S/C8H18N4O3S/c1-8(2,9)7(13)11-3-5-12(6-4-11)16(10,14)15/h3-6,9H2,1-2H3,(H2,10,14,15). The first-order chi connectivity index (χ1) is 7.12. The molecule has 0 aromatic rings.